The molecule has 1 aromatic rings. The van der Waals surface area contributed by atoms with Crippen LogP contribution in [-0.2, 0) is 4.79 Å². The van der Waals surface area contributed by atoms with Crippen LogP contribution < -0.4 is 10.6 Å². The summed E-state index contributed by atoms with van der Waals surface area (Å²) in [6, 6.07) is 2.72. The van der Waals surface area contributed by atoms with E-state index in [0.29, 0.717) is 4.90 Å². The summed E-state index contributed by atoms with van der Waals surface area (Å²) in [5.74, 6) is -2.48. The van der Waals surface area contributed by atoms with Crippen molar-refractivity contribution in [3.05, 3.63) is 29.8 Å². The van der Waals surface area contributed by atoms with Gasteiger partial charge in [-0.25, -0.2) is 13.6 Å². The van der Waals surface area contributed by atoms with Crippen molar-refractivity contribution in [1.29, 1.82) is 0 Å². The molecule has 1 aromatic carbocycles. The second-order valence-electron chi connectivity index (χ2n) is 2.99. The normalized spacial score (nSPS) is 9.82. The van der Waals surface area contributed by atoms with Crippen molar-refractivity contribution < 1.29 is 18.4 Å². The van der Waals surface area contributed by atoms with Gasteiger partial charge in [-0.1, -0.05) is 0 Å². The summed E-state index contributed by atoms with van der Waals surface area (Å²) in [7, 11) is 1.38. The van der Waals surface area contributed by atoms with Crippen LogP contribution in [0.1, 0.15) is 0 Å². The van der Waals surface area contributed by atoms with Gasteiger partial charge in [-0.15, -0.1) is 11.8 Å². The topological polar surface area (TPSA) is 58.2 Å². The molecule has 7 heteroatoms. The minimum absolute atomic E-state index is 0.0571. The third kappa shape index (κ3) is 4.39. The van der Waals surface area contributed by atoms with Crippen molar-refractivity contribution in [3.63, 3.8) is 0 Å². The zero-order valence-electron chi connectivity index (χ0n) is 8.92. The van der Waals surface area contributed by atoms with E-state index in [-0.39, 0.29) is 5.75 Å². The molecule has 1 rings (SSSR count). The molecule has 0 heterocycles. The van der Waals surface area contributed by atoms with E-state index in [1.807, 2.05) is 5.32 Å². The number of thioether (sulfide) groups is 1. The van der Waals surface area contributed by atoms with Crippen LogP contribution in [0.5, 0.6) is 0 Å². The average Bonchev–Trinajstić information content (AvgIpc) is 2.30. The molecule has 0 aliphatic carbocycles. The Morgan fingerprint density at radius 3 is 2.59 bits per heavy atom. The van der Waals surface area contributed by atoms with Gasteiger partial charge in [0.2, 0.25) is 5.91 Å². The SMILES string of the molecule is CNC(=O)NC(=O)CSc1ccc(F)c(F)c1. The Hall–Kier alpha value is -1.63. The molecule has 0 spiro atoms. The molecule has 0 saturated carbocycles. The minimum Gasteiger partial charge on any atom is -0.341 e. The largest absolute Gasteiger partial charge is 0.341 e. The van der Waals surface area contributed by atoms with Gasteiger partial charge in [0, 0.05) is 11.9 Å². The van der Waals surface area contributed by atoms with Gasteiger partial charge in [0.05, 0.1) is 5.75 Å². The Labute approximate surface area is 101 Å². The molecule has 0 saturated heterocycles. The molecule has 17 heavy (non-hydrogen) atoms. The minimum atomic E-state index is -0.971. The van der Waals surface area contributed by atoms with Gasteiger partial charge in [0.25, 0.3) is 0 Å². The summed E-state index contributed by atoms with van der Waals surface area (Å²) in [5, 5.41) is 4.27. The first kappa shape index (κ1) is 13.4. The van der Waals surface area contributed by atoms with Crippen LogP contribution in [0.15, 0.2) is 23.1 Å². The summed E-state index contributed by atoms with van der Waals surface area (Å²) < 4.78 is 25.4. The molecule has 0 fully saturated rings. The Morgan fingerprint density at radius 2 is 2.00 bits per heavy atom. The standard InChI is InChI=1S/C10H10F2N2O2S/c1-13-10(16)14-9(15)5-17-6-2-3-7(11)8(12)4-6/h2-4H,5H2,1H3,(H2,13,14,15,16). The van der Waals surface area contributed by atoms with E-state index in [1.165, 1.54) is 13.1 Å². The Kier molecular flexibility index (Phi) is 4.89. The molecule has 0 radical (unpaired) electrons. The Bertz CT molecular complexity index is 440. The number of halogens is 2. The molecule has 0 aliphatic rings. The second kappa shape index (κ2) is 6.19. The van der Waals surface area contributed by atoms with E-state index in [0.717, 1.165) is 23.9 Å². The highest BCUT2D eigenvalue weighted by Crippen LogP contribution is 2.19. The molecule has 4 nitrogen and oxygen atoms in total. The van der Waals surface area contributed by atoms with E-state index >= 15 is 0 Å². The molecule has 0 bridgehead atoms. The third-order valence-electron chi connectivity index (χ3n) is 1.74. The number of carbonyl (C=O) groups is 2. The number of benzene rings is 1. The molecule has 2 N–H and O–H groups in total. The van der Waals surface area contributed by atoms with E-state index in [9.17, 15) is 18.4 Å². The van der Waals surface area contributed by atoms with E-state index in [2.05, 4.69) is 5.32 Å². The lowest BCUT2D eigenvalue weighted by molar-refractivity contribution is -0.117. The van der Waals surface area contributed by atoms with Crippen LogP contribution >= 0.6 is 11.8 Å². The number of rotatable bonds is 3. The van der Waals surface area contributed by atoms with Crippen molar-refractivity contribution in [3.8, 4) is 0 Å². The van der Waals surface area contributed by atoms with Crippen molar-refractivity contribution in [2.75, 3.05) is 12.8 Å². The van der Waals surface area contributed by atoms with Crippen molar-refractivity contribution in [1.82, 2.24) is 10.6 Å². The van der Waals surface area contributed by atoms with Gasteiger partial charge in [-0.2, -0.15) is 0 Å². The fourth-order valence-corrected chi connectivity index (χ4v) is 1.66. The van der Waals surface area contributed by atoms with Crippen molar-refractivity contribution >= 4 is 23.7 Å². The number of hydrogen-bond acceptors (Lipinski definition) is 3. The van der Waals surface area contributed by atoms with Crippen LogP contribution in [0.4, 0.5) is 13.6 Å². The second-order valence-corrected chi connectivity index (χ2v) is 4.04. The summed E-state index contributed by atoms with van der Waals surface area (Å²) >= 11 is 1.01. The van der Waals surface area contributed by atoms with E-state index in [4.69, 9.17) is 0 Å². The van der Waals surface area contributed by atoms with Gasteiger partial charge in [-0.05, 0) is 18.2 Å². The lowest BCUT2D eigenvalue weighted by atomic mass is 10.3. The summed E-state index contributed by atoms with van der Waals surface area (Å²) in [6.07, 6.45) is 0. The molecule has 3 amide bonds. The highest BCUT2D eigenvalue weighted by atomic mass is 32.2. The zero-order valence-corrected chi connectivity index (χ0v) is 9.74. The maximum Gasteiger partial charge on any atom is 0.321 e. The van der Waals surface area contributed by atoms with Crippen molar-refractivity contribution in [2.45, 2.75) is 4.90 Å². The first-order valence-corrected chi connectivity index (χ1v) is 5.61. The molecular weight excluding hydrogens is 250 g/mol. The van der Waals surface area contributed by atoms with Gasteiger partial charge < -0.3 is 5.32 Å². The van der Waals surface area contributed by atoms with Crippen LogP contribution in [0.3, 0.4) is 0 Å². The van der Waals surface area contributed by atoms with Gasteiger partial charge in [0.1, 0.15) is 0 Å². The lowest BCUT2D eigenvalue weighted by Crippen LogP contribution is -2.38. The van der Waals surface area contributed by atoms with Crippen LogP contribution in [0.2, 0.25) is 0 Å². The number of carbonyl (C=O) groups excluding carboxylic acids is 2. The Balaban J connectivity index is 2.47. The number of imide groups is 1. The number of nitrogens with one attached hydrogen (secondary N) is 2. The highest BCUT2D eigenvalue weighted by molar-refractivity contribution is 8.00. The first-order chi connectivity index (χ1) is 8.02. The average molecular weight is 260 g/mol. The van der Waals surface area contributed by atoms with Crippen LogP contribution in [0.25, 0.3) is 0 Å². The number of hydrogen-bond donors (Lipinski definition) is 2. The van der Waals surface area contributed by atoms with Crippen molar-refractivity contribution in [2.24, 2.45) is 0 Å². The van der Waals surface area contributed by atoms with E-state index < -0.39 is 23.6 Å². The monoisotopic (exact) mass is 260 g/mol. The summed E-state index contributed by atoms with van der Waals surface area (Å²) in [4.78, 5) is 22.4. The number of amides is 3. The van der Waals surface area contributed by atoms with Crippen LogP contribution in [-0.4, -0.2) is 24.7 Å². The maximum absolute atomic E-state index is 12.8. The molecule has 0 aliphatic heterocycles. The lowest BCUT2D eigenvalue weighted by Gasteiger charge is -2.03. The highest BCUT2D eigenvalue weighted by Gasteiger charge is 2.08. The fraction of sp³-hybridized carbons (Fsp3) is 0.200. The maximum atomic E-state index is 12.8. The van der Waals surface area contributed by atoms with Gasteiger partial charge >= 0.3 is 6.03 Å². The van der Waals surface area contributed by atoms with Gasteiger partial charge in [0.15, 0.2) is 11.6 Å². The van der Waals surface area contributed by atoms with E-state index in [1.54, 1.807) is 0 Å². The zero-order chi connectivity index (χ0) is 12.8. The molecule has 0 unspecified atom stereocenters. The molecule has 92 valence electrons. The smallest absolute Gasteiger partial charge is 0.321 e. The molecule has 0 atom stereocenters. The summed E-state index contributed by atoms with van der Waals surface area (Å²) in [5.41, 5.74) is 0. The third-order valence-corrected chi connectivity index (χ3v) is 2.73. The Morgan fingerprint density at radius 1 is 1.29 bits per heavy atom. The quantitative estimate of drug-likeness (QED) is 0.810. The predicted octanol–water partition coefficient (Wildman–Crippen LogP) is 1.51. The molecular formula is C10H10F2N2O2S. The predicted molar refractivity (Wildman–Crippen MR) is 59.7 cm³/mol. The fourth-order valence-electron chi connectivity index (χ4n) is 0.941. The van der Waals surface area contributed by atoms with Crippen LogP contribution in [0, 0.1) is 11.6 Å². The first-order valence-electron chi connectivity index (χ1n) is 4.62. The van der Waals surface area contributed by atoms with Gasteiger partial charge in [-0.3, -0.25) is 10.1 Å². The molecule has 0 aromatic heterocycles. The summed E-state index contributed by atoms with van der Waals surface area (Å²) in [6.45, 7) is 0. The number of urea groups is 1.